The van der Waals surface area contributed by atoms with Gasteiger partial charge in [0.15, 0.2) is 0 Å². The van der Waals surface area contributed by atoms with Crippen LogP contribution in [0.1, 0.15) is 5.69 Å². The van der Waals surface area contributed by atoms with Gasteiger partial charge in [-0.3, -0.25) is 9.59 Å². The van der Waals surface area contributed by atoms with E-state index in [-0.39, 0.29) is 24.9 Å². The van der Waals surface area contributed by atoms with Crippen LogP contribution in [-0.2, 0) is 22.7 Å². The van der Waals surface area contributed by atoms with Crippen molar-refractivity contribution in [3.05, 3.63) is 11.9 Å². The summed E-state index contributed by atoms with van der Waals surface area (Å²) in [7, 11) is 0. The van der Waals surface area contributed by atoms with E-state index in [2.05, 4.69) is 15.6 Å². The molecule has 8 heteroatoms. The van der Waals surface area contributed by atoms with Crippen LogP contribution in [-0.4, -0.2) is 51.3 Å². The summed E-state index contributed by atoms with van der Waals surface area (Å²) in [6.07, 6.45) is 1.63. The Morgan fingerprint density at radius 1 is 1.59 bits per heavy atom. The van der Waals surface area contributed by atoms with E-state index < -0.39 is 0 Å². The van der Waals surface area contributed by atoms with Gasteiger partial charge in [-0.15, -0.1) is 5.10 Å². The molecule has 17 heavy (non-hydrogen) atoms. The highest BCUT2D eigenvalue weighted by molar-refractivity contribution is 5.85. The molecule has 1 aromatic heterocycles. The summed E-state index contributed by atoms with van der Waals surface area (Å²) in [4.78, 5) is 24.5. The summed E-state index contributed by atoms with van der Waals surface area (Å²) in [5, 5.41) is 10.2. The lowest BCUT2D eigenvalue weighted by molar-refractivity contribution is -0.138. The summed E-state index contributed by atoms with van der Waals surface area (Å²) in [6, 6.07) is 0. The largest absolute Gasteiger partial charge is 0.353 e. The van der Waals surface area contributed by atoms with Crippen molar-refractivity contribution in [1.82, 2.24) is 25.2 Å². The van der Waals surface area contributed by atoms with Crippen LogP contribution >= 0.6 is 0 Å². The van der Waals surface area contributed by atoms with E-state index >= 15 is 0 Å². The molecule has 1 aliphatic rings. The van der Waals surface area contributed by atoms with Gasteiger partial charge in [-0.2, -0.15) is 0 Å². The fourth-order valence-electron chi connectivity index (χ4n) is 1.60. The average Bonchev–Trinajstić information content (AvgIpc) is 2.77. The smallest absolute Gasteiger partial charge is 0.244 e. The van der Waals surface area contributed by atoms with E-state index in [1.807, 2.05) is 0 Å². The third-order valence-electron chi connectivity index (χ3n) is 2.48. The maximum absolute atomic E-state index is 11.8. The van der Waals surface area contributed by atoms with Crippen LogP contribution in [0.2, 0.25) is 0 Å². The van der Waals surface area contributed by atoms with Crippen LogP contribution in [0.15, 0.2) is 6.20 Å². The van der Waals surface area contributed by atoms with Crippen LogP contribution < -0.4 is 11.1 Å². The van der Waals surface area contributed by atoms with Crippen molar-refractivity contribution in [3.8, 4) is 0 Å². The van der Waals surface area contributed by atoms with Gasteiger partial charge in [0.1, 0.15) is 6.54 Å². The highest BCUT2D eigenvalue weighted by Gasteiger charge is 2.21. The molecule has 2 heterocycles. The lowest BCUT2D eigenvalue weighted by Crippen LogP contribution is -2.50. The summed E-state index contributed by atoms with van der Waals surface area (Å²) in [5.74, 6) is -0.279. The first-order valence-electron chi connectivity index (χ1n) is 5.32. The number of nitrogens with two attached hydrogens (primary N) is 1. The summed E-state index contributed by atoms with van der Waals surface area (Å²) >= 11 is 0. The van der Waals surface area contributed by atoms with Crippen LogP contribution in [0.4, 0.5) is 0 Å². The Bertz CT molecular complexity index is 429. The van der Waals surface area contributed by atoms with E-state index in [0.29, 0.717) is 25.3 Å². The topological polar surface area (TPSA) is 106 Å². The molecule has 8 nitrogen and oxygen atoms in total. The summed E-state index contributed by atoms with van der Waals surface area (Å²) in [5.41, 5.74) is 6.02. The zero-order valence-electron chi connectivity index (χ0n) is 9.30. The van der Waals surface area contributed by atoms with E-state index in [4.69, 9.17) is 5.73 Å². The van der Waals surface area contributed by atoms with Crippen molar-refractivity contribution in [3.63, 3.8) is 0 Å². The number of piperazine rings is 1. The number of amides is 2. The third kappa shape index (κ3) is 2.78. The molecular formula is C9H14N6O2. The van der Waals surface area contributed by atoms with Gasteiger partial charge in [-0.1, -0.05) is 5.21 Å². The van der Waals surface area contributed by atoms with Gasteiger partial charge in [0.2, 0.25) is 11.8 Å². The number of aromatic nitrogens is 3. The predicted molar refractivity (Wildman–Crippen MR) is 57.5 cm³/mol. The molecular weight excluding hydrogens is 224 g/mol. The van der Waals surface area contributed by atoms with E-state index in [1.54, 1.807) is 6.20 Å². The van der Waals surface area contributed by atoms with Crippen molar-refractivity contribution in [2.24, 2.45) is 5.73 Å². The second kappa shape index (κ2) is 4.91. The van der Waals surface area contributed by atoms with Gasteiger partial charge in [-0.25, -0.2) is 4.68 Å². The molecule has 3 N–H and O–H groups in total. The Hall–Kier alpha value is -1.96. The van der Waals surface area contributed by atoms with Crippen molar-refractivity contribution < 1.29 is 9.59 Å². The summed E-state index contributed by atoms with van der Waals surface area (Å²) in [6.45, 7) is 1.51. The Morgan fingerprint density at radius 2 is 2.41 bits per heavy atom. The van der Waals surface area contributed by atoms with Gasteiger partial charge >= 0.3 is 0 Å². The number of hydrogen-bond donors (Lipinski definition) is 2. The van der Waals surface area contributed by atoms with Crippen LogP contribution in [0.3, 0.4) is 0 Å². The standard InChI is InChI=1S/C9H14N6O2/c10-3-7-4-15(13-12-7)6-9(17)14-2-1-11-8(16)5-14/h4H,1-3,5-6,10H2,(H,11,16). The molecule has 0 spiro atoms. The minimum atomic E-state index is -0.145. The van der Waals surface area contributed by atoms with Crippen molar-refractivity contribution >= 4 is 11.8 Å². The Labute approximate surface area is 97.7 Å². The van der Waals surface area contributed by atoms with Crippen LogP contribution in [0.25, 0.3) is 0 Å². The molecule has 1 saturated heterocycles. The molecule has 0 atom stereocenters. The van der Waals surface area contributed by atoms with Crippen molar-refractivity contribution in [1.29, 1.82) is 0 Å². The first-order valence-corrected chi connectivity index (χ1v) is 5.32. The minimum Gasteiger partial charge on any atom is -0.353 e. The van der Waals surface area contributed by atoms with Gasteiger partial charge in [0, 0.05) is 19.6 Å². The molecule has 1 aliphatic heterocycles. The number of nitrogens with zero attached hydrogens (tertiary/aromatic N) is 4. The molecule has 1 aromatic rings. The van der Waals surface area contributed by atoms with Crippen molar-refractivity contribution in [2.45, 2.75) is 13.1 Å². The molecule has 92 valence electrons. The monoisotopic (exact) mass is 238 g/mol. The third-order valence-corrected chi connectivity index (χ3v) is 2.48. The molecule has 0 saturated carbocycles. The first-order chi connectivity index (χ1) is 8.19. The molecule has 0 aromatic carbocycles. The zero-order chi connectivity index (χ0) is 12.3. The van der Waals surface area contributed by atoms with E-state index in [9.17, 15) is 9.59 Å². The molecule has 1 fully saturated rings. The Kier molecular flexibility index (Phi) is 3.33. The van der Waals surface area contributed by atoms with Gasteiger partial charge in [0.25, 0.3) is 0 Å². The fraction of sp³-hybridized carbons (Fsp3) is 0.556. The highest BCUT2D eigenvalue weighted by atomic mass is 16.2. The second-order valence-corrected chi connectivity index (χ2v) is 3.78. The van der Waals surface area contributed by atoms with Crippen LogP contribution in [0.5, 0.6) is 0 Å². The number of nitrogens with one attached hydrogen (secondary N) is 1. The number of hydrogen-bond acceptors (Lipinski definition) is 5. The molecule has 0 radical (unpaired) electrons. The van der Waals surface area contributed by atoms with E-state index in [1.165, 1.54) is 9.58 Å². The predicted octanol–water partition coefficient (Wildman–Crippen LogP) is -2.30. The first kappa shape index (κ1) is 11.5. The van der Waals surface area contributed by atoms with Gasteiger partial charge < -0.3 is 16.0 Å². The molecule has 2 rings (SSSR count). The number of rotatable bonds is 3. The van der Waals surface area contributed by atoms with Crippen LogP contribution in [0, 0.1) is 0 Å². The normalized spacial score (nSPS) is 15.8. The van der Waals surface area contributed by atoms with Gasteiger partial charge in [0.05, 0.1) is 18.4 Å². The summed E-state index contributed by atoms with van der Waals surface area (Å²) < 4.78 is 1.43. The van der Waals surface area contributed by atoms with Crippen molar-refractivity contribution in [2.75, 3.05) is 19.6 Å². The minimum absolute atomic E-state index is 0.0836. The molecule has 0 unspecified atom stereocenters. The lowest BCUT2D eigenvalue weighted by atomic mass is 10.3. The maximum atomic E-state index is 11.8. The quantitative estimate of drug-likeness (QED) is 0.615. The van der Waals surface area contributed by atoms with E-state index in [0.717, 1.165) is 0 Å². The second-order valence-electron chi connectivity index (χ2n) is 3.78. The molecule has 0 aliphatic carbocycles. The molecule has 2 amide bonds. The lowest BCUT2D eigenvalue weighted by Gasteiger charge is -2.26. The molecule has 0 bridgehead atoms. The Balaban J connectivity index is 1.94. The highest BCUT2D eigenvalue weighted by Crippen LogP contribution is 1.98. The fourth-order valence-corrected chi connectivity index (χ4v) is 1.60. The number of carbonyl (C=O) groups is 2. The Morgan fingerprint density at radius 3 is 3.06 bits per heavy atom. The SMILES string of the molecule is NCc1cn(CC(=O)N2CCNC(=O)C2)nn1. The zero-order valence-corrected chi connectivity index (χ0v) is 9.30. The number of carbonyl (C=O) groups excluding carboxylic acids is 2. The maximum Gasteiger partial charge on any atom is 0.244 e. The van der Waals surface area contributed by atoms with Gasteiger partial charge in [-0.05, 0) is 0 Å². The average molecular weight is 238 g/mol.